The average molecular weight is 281 g/mol. The molecule has 0 radical (unpaired) electrons. The Labute approximate surface area is 115 Å². The zero-order chi connectivity index (χ0) is 14.3. The van der Waals surface area contributed by atoms with Crippen LogP contribution in [0.25, 0.3) is 0 Å². The molecule has 1 amide bonds. The summed E-state index contributed by atoms with van der Waals surface area (Å²) in [7, 11) is 0. The van der Waals surface area contributed by atoms with Crippen LogP contribution in [-0.2, 0) is 13.1 Å². The number of alkyl halides is 2. The molecule has 1 fully saturated rings. The molecule has 20 heavy (non-hydrogen) atoms. The van der Waals surface area contributed by atoms with E-state index in [9.17, 15) is 18.7 Å². The van der Waals surface area contributed by atoms with Gasteiger partial charge in [-0.25, -0.2) is 8.78 Å². The fraction of sp³-hybridized carbons (Fsp3) is 0.500. The van der Waals surface area contributed by atoms with Crippen molar-refractivity contribution < 1.29 is 18.7 Å². The van der Waals surface area contributed by atoms with Gasteiger partial charge in [-0.3, -0.25) is 0 Å². The third-order valence-electron chi connectivity index (χ3n) is 3.93. The quantitative estimate of drug-likeness (QED) is 0.785. The number of carboxylic acid groups (broad SMARTS) is 1. The van der Waals surface area contributed by atoms with Crippen LogP contribution >= 0.6 is 0 Å². The summed E-state index contributed by atoms with van der Waals surface area (Å²) in [5.41, 5.74) is 2.53. The van der Waals surface area contributed by atoms with Crippen LogP contribution in [0.3, 0.4) is 0 Å². The first-order valence-electron chi connectivity index (χ1n) is 6.65. The van der Waals surface area contributed by atoms with E-state index in [1.165, 1.54) is 4.90 Å². The third-order valence-corrected chi connectivity index (χ3v) is 3.93. The second-order valence-corrected chi connectivity index (χ2v) is 5.46. The van der Waals surface area contributed by atoms with E-state index in [1.54, 1.807) is 11.0 Å². The van der Waals surface area contributed by atoms with Gasteiger partial charge in [-0.2, -0.15) is 0 Å². The van der Waals surface area contributed by atoms with Gasteiger partial charge in [-0.15, -0.1) is 0 Å². The molecule has 0 bridgehead atoms. The van der Waals surface area contributed by atoms with Crippen molar-refractivity contribution >= 4 is 11.8 Å². The molecule has 0 unspecified atom stereocenters. The van der Waals surface area contributed by atoms with Gasteiger partial charge in [0.05, 0.1) is 6.54 Å². The molecule has 108 valence electrons. The molecule has 0 aromatic heterocycles. The number of piperidine rings is 1. The van der Waals surface area contributed by atoms with E-state index in [4.69, 9.17) is 0 Å². The van der Waals surface area contributed by atoms with Gasteiger partial charge in [0.25, 0.3) is 5.92 Å². The predicted octanol–water partition coefficient (Wildman–Crippen LogP) is 1.58. The summed E-state index contributed by atoms with van der Waals surface area (Å²) in [5.74, 6) is -2.64. The normalized spacial score (nSPS) is 20.9. The van der Waals surface area contributed by atoms with Crippen LogP contribution in [0.5, 0.6) is 0 Å². The van der Waals surface area contributed by atoms with Gasteiger partial charge in [0.1, 0.15) is 6.09 Å². The molecule has 3 rings (SSSR count). The summed E-state index contributed by atoms with van der Waals surface area (Å²) in [6, 6.07) is 5.43. The number of anilines is 1. The number of fused-ring (bicyclic) bond motifs is 1. The molecular formula is C14H15F2N2O2-. The zero-order valence-electron chi connectivity index (χ0n) is 10.9. The highest BCUT2D eigenvalue weighted by Crippen LogP contribution is 2.32. The van der Waals surface area contributed by atoms with Crippen molar-refractivity contribution in [2.45, 2.75) is 31.9 Å². The maximum atomic E-state index is 13.4. The molecule has 2 aliphatic rings. The number of rotatable bonds is 1. The van der Waals surface area contributed by atoms with Crippen LogP contribution in [0.1, 0.15) is 24.0 Å². The van der Waals surface area contributed by atoms with Gasteiger partial charge in [0.15, 0.2) is 0 Å². The Hall–Kier alpha value is -1.85. The minimum absolute atomic E-state index is 0.0626. The summed E-state index contributed by atoms with van der Waals surface area (Å²) in [6.45, 7) is 0.929. The Morgan fingerprint density at radius 2 is 2.00 bits per heavy atom. The Kier molecular flexibility index (Phi) is 3.03. The van der Waals surface area contributed by atoms with Crippen LogP contribution in [0.15, 0.2) is 18.2 Å². The number of benzene rings is 1. The molecule has 6 heteroatoms. The average Bonchev–Trinajstić information content (AvgIpc) is 2.80. The number of hydrogen-bond acceptors (Lipinski definition) is 3. The molecular weight excluding hydrogens is 266 g/mol. The third kappa shape index (κ3) is 2.42. The van der Waals surface area contributed by atoms with Gasteiger partial charge < -0.3 is 19.7 Å². The molecule has 0 aliphatic carbocycles. The summed E-state index contributed by atoms with van der Waals surface area (Å²) in [6.07, 6.45) is -0.797. The van der Waals surface area contributed by atoms with Gasteiger partial charge >= 0.3 is 0 Å². The number of hydrogen-bond donors (Lipinski definition) is 0. The van der Waals surface area contributed by atoms with Crippen molar-refractivity contribution in [1.29, 1.82) is 0 Å². The lowest BCUT2D eigenvalue weighted by atomic mass is 10.0. The fourth-order valence-electron chi connectivity index (χ4n) is 2.89. The van der Waals surface area contributed by atoms with E-state index in [1.807, 2.05) is 12.1 Å². The number of amides is 1. The highest BCUT2D eigenvalue weighted by Gasteiger charge is 2.35. The summed E-state index contributed by atoms with van der Waals surface area (Å²) in [5, 5.41) is 10.8. The van der Waals surface area contributed by atoms with Crippen molar-refractivity contribution in [3.8, 4) is 0 Å². The van der Waals surface area contributed by atoms with Crippen LogP contribution in [0, 0.1) is 0 Å². The van der Waals surface area contributed by atoms with E-state index in [2.05, 4.69) is 0 Å². The lowest BCUT2D eigenvalue weighted by molar-refractivity contribution is -0.266. The van der Waals surface area contributed by atoms with E-state index >= 15 is 0 Å². The van der Waals surface area contributed by atoms with Gasteiger partial charge in [0.2, 0.25) is 0 Å². The van der Waals surface area contributed by atoms with Gasteiger partial charge in [-0.1, -0.05) is 6.07 Å². The molecule has 0 atom stereocenters. The molecule has 2 aliphatic heterocycles. The topological polar surface area (TPSA) is 46.6 Å². The smallest absolute Gasteiger partial charge is 0.265 e. The summed E-state index contributed by atoms with van der Waals surface area (Å²) >= 11 is 0. The van der Waals surface area contributed by atoms with E-state index < -0.39 is 12.0 Å². The second-order valence-electron chi connectivity index (χ2n) is 5.46. The number of carbonyl (C=O) groups excluding carboxylic acids is 1. The predicted molar refractivity (Wildman–Crippen MR) is 67.5 cm³/mol. The molecule has 2 heterocycles. The molecule has 1 saturated heterocycles. The molecule has 0 saturated carbocycles. The zero-order valence-corrected chi connectivity index (χ0v) is 10.9. The molecule has 1 aromatic rings. The molecule has 4 nitrogen and oxygen atoms in total. The molecule has 1 aromatic carbocycles. The Balaban J connectivity index is 1.80. The van der Waals surface area contributed by atoms with Crippen LogP contribution in [0.2, 0.25) is 0 Å². The van der Waals surface area contributed by atoms with E-state index in [0.717, 1.165) is 16.8 Å². The minimum atomic E-state index is -2.64. The first-order chi connectivity index (χ1) is 9.44. The number of carbonyl (C=O) groups is 1. The van der Waals surface area contributed by atoms with Crippen molar-refractivity contribution in [2.24, 2.45) is 0 Å². The highest BCUT2D eigenvalue weighted by molar-refractivity contribution is 5.65. The van der Waals surface area contributed by atoms with Gasteiger partial charge in [0, 0.05) is 31.7 Å². The summed E-state index contributed by atoms with van der Waals surface area (Å²) in [4.78, 5) is 13.7. The fourth-order valence-corrected chi connectivity index (χ4v) is 2.89. The second kappa shape index (κ2) is 4.61. The van der Waals surface area contributed by atoms with E-state index in [-0.39, 0.29) is 19.5 Å². The van der Waals surface area contributed by atoms with E-state index in [0.29, 0.717) is 19.5 Å². The van der Waals surface area contributed by atoms with Crippen molar-refractivity contribution in [3.05, 3.63) is 29.3 Å². The number of halogens is 2. The Morgan fingerprint density at radius 1 is 1.25 bits per heavy atom. The van der Waals surface area contributed by atoms with Gasteiger partial charge in [-0.05, 0) is 29.7 Å². The lowest BCUT2D eigenvalue weighted by Gasteiger charge is -2.34. The van der Waals surface area contributed by atoms with Crippen LogP contribution < -0.4 is 10.0 Å². The SMILES string of the molecule is O=C([O-])N1Cc2ccc(N3CCCC(F)(F)C3)cc2C1. The summed E-state index contributed by atoms with van der Waals surface area (Å²) < 4.78 is 26.9. The van der Waals surface area contributed by atoms with Crippen molar-refractivity contribution in [3.63, 3.8) is 0 Å². The first-order valence-corrected chi connectivity index (χ1v) is 6.65. The first kappa shape index (κ1) is 13.1. The maximum absolute atomic E-state index is 13.4. The van der Waals surface area contributed by atoms with Crippen molar-refractivity contribution in [2.75, 3.05) is 18.0 Å². The Morgan fingerprint density at radius 3 is 2.70 bits per heavy atom. The molecule has 0 N–H and O–H groups in total. The van der Waals surface area contributed by atoms with Crippen LogP contribution in [-0.4, -0.2) is 30.0 Å². The van der Waals surface area contributed by atoms with Crippen molar-refractivity contribution in [1.82, 2.24) is 4.90 Å². The maximum Gasteiger partial charge on any atom is 0.265 e. The van der Waals surface area contributed by atoms with Crippen LogP contribution in [0.4, 0.5) is 19.3 Å². The standard InChI is InChI=1S/C14H16F2N2O2/c15-14(16)4-1-5-17(9-14)12-3-2-10-7-18(13(19)20)8-11(10)6-12/h2-3,6H,1,4-5,7-9H2,(H,19,20)/p-1. The Bertz CT molecular complexity index is 548. The minimum Gasteiger partial charge on any atom is -0.530 e. The lowest BCUT2D eigenvalue weighted by Crippen LogP contribution is -2.42. The molecule has 0 spiro atoms. The number of nitrogens with zero attached hydrogens (tertiary/aromatic N) is 2. The largest absolute Gasteiger partial charge is 0.530 e. The monoisotopic (exact) mass is 281 g/mol. The highest BCUT2D eigenvalue weighted by atomic mass is 19.3.